The van der Waals surface area contributed by atoms with Crippen LogP contribution in [0.25, 0.3) is 11.1 Å². The van der Waals surface area contributed by atoms with E-state index in [0.717, 1.165) is 24.5 Å². The summed E-state index contributed by atoms with van der Waals surface area (Å²) in [5.41, 5.74) is 1.23. The van der Waals surface area contributed by atoms with Crippen LogP contribution in [0.15, 0.2) is 72.0 Å². The van der Waals surface area contributed by atoms with Gasteiger partial charge in [-0.2, -0.15) is 13.2 Å². The largest absolute Gasteiger partial charge is 0.493 e. The number of ether oxygens (including phenoxy) is 2. The van der Waals surface area contributed by atoms with Crippen LogP contribution in [0.2, 0.25) is 0 Å². The molecule has 1 N–H and O–H groups in total. The summed E-state index contributed by atoms with van der Waals surface area (Å²) in [5, 5.41) is 0. The highest BCUT2D eigenvalue weighted by Crippen LogP contribution is 2.44. The summed E-state index contributed by atoms with van der Waals surface area (Å²) >= 11 is 0. The molecule has 1 atom stereocenters. The fourth-order valence-electron chi connectivity index (χ4n) is 4.46. The first kappa shape index (κ1) is 27.3. The number of halogens is 4. The molecule has 0 saturated heterocycles. The second kappa shape index (κ2) is 10.7. The zero-order valence-corrected chi connectivity index (χ0v) is 21.8. The molecule has 208 valence electrons. The van der Waals surface area contributed by atoms with Crippen molar-refractivity contribution in [2.45, 2.75) is 30.3 Å². The SMILES string of the molecule is CCOc1ccc(-c2cc(C(F)(F)F)ccc2[C@H]2CCOc3cc(S(=O)(=O)Nc4ncc(F)cn4)ccc32)cn1. The molecule has 0 spiro atoms. The van der Waals surface area contributed by atoms with E-state index in [1.165, 1.54) is 24.4 Å². The zero-order valence-electron chi connectivity index (χ0n) is 20.9. The van der Waals surface area contributed by atoms with E-state index < -0.39 is 33.5 Å². The molecule has 4 aromatic rings. The zero-order chi connectivity index (χ0) is 28.5. The van der Waals surface area contributed by atoms with Gasteiger partial charge in [0.25, 0.3) is 10.0 Å². The number of nitrogens with one attached hydrogen (secondary N) is 1. The Labute approximate surface area is 227 Å². The Morgan fingerprint density at radius 3 is 2.42 bits per heavy atom. The minimum absolute atomic E-state index is 0.150. The van der Waals surface area contributed by atoms with Gasteiger partial charge in [0.15, 0.2) is 5.82 Å². The van der Waals surface area contributed by atoms with Gasteiger partial charge in [-0.1, -0.05) is 12.1 Å². The minimum atomic E-state index is -4.55. The Bertz CT molecular complexity index is 1630. The number of sulfonamides is 1. The lowest BCUT2D eigenvalue weighted by Crippen LogP contribution is -2.19. The molecule has 3 heterocycles. The molecule has 0 aliphatic carbocycles. The minimum Gasteiger partial charge on any atom is -0.493 e. The quantitative estimate of drug-likeness (QED) is 0.278. The maximum Gasteiger partial charge on any atom is 0.416 e. The fraction of sp³-hybridized carbons (Fsp3) is 0.222. The number of aromatic nitrogens is 3. The van der Waals surface area contributed by atoms with Gasteiger partial charge in [0.1, 0.15) is 5.75 Å². The molecule has 1 aliphatic heterocycles. The highest BCUT2D eigenvalue weighted by atomic mass is 32.2. The van der Waals surface area contributed by atoms with E-state index in [9.17, 15) is 26.0 Å². The van der Waals surface area contributed by atoms with Crippen molar-refractivity contribution >= 4 is 16.0 Å². The second-order valence-corrected chi connectivity index (χ2v) is 10.5. The molecule has 2 aromatic heterocycles. The molecule has 0 amide bonds. The van der Waals surface area contributed by atoms with E-state index in [4.69, 9.17) is 9.47 Å². The number of pyridine rings is 1. The van der Waals surface area contributed by atoms with Crippen LogP contribution in [-0.4, -0.2) is 36.6 Å². The van der Waals surface area contributed by atoms with Gasteiger partial charge in [-0.3, -0.25) is 0 Å². The summed E-state index contributed by atoms with van der Waals surface area (Å²) in [6.07, 6.45) is -0.989. The van der Waals surface area contributed by atoms with Crippen molar-refractivity contribution in [2.75, 3.05) is 17.9 Å². The molecule has 8 nitrogen and oxygen atoms in total. The molecule has 0 fully saturated rings. The van der Waals surface area contributed by atoms with Gasteiger partial charge >= 0.3 is 6.18 Å². The summed E-state index contributed by atoms with van der Waals surface area (Å²) < 4.78 is 93.1. The van der Waals surface area contributed by atoms with Crippen LogP contribution in [-0.2, 0) is 16.2 Å². The first-order valence-corrected chi connectivity index (χ1v) is 13.6. The van der Waals surface area contributed by atoms with Crippen molar-refractivity contribution in [3.8, 4) is 22.8 Å². The third-order valence-electron chi connectivity index (χ3n) is 6.28. The Morgan fingerprint density at radius 2 is 1.75 bits per heavy atom. The topological polar surface area (TPSA) is 103 Å². The van der Waals surface area contributed by atoms with Crippen LogP contribution in [0.5, 0.6) is 11.6 Å². The summed E-state index contributed by atoms with van der Waals surface area (Å²) in [5.74, 6) is -0.798. The van der Waals surface area contributed by atoms with Gasteiger partial charge < -0.3 is 9.47 Å². The van der Waals surface area contributed by atoms with Crippen LogP contribution >= 0.6 is 0 Å². The van der Waals surface area contributed by atoms with Gasteiger partial charge in [0, 0.05) is 35.4 Å². The molecule has 13 heteroatoms. The second-order valence-electron chi connectivity index (χ2n) is 8.84. The van der Waals surface area contributed by atoms with Crippen LogP contribution in [0.1, 0.15) is 36.0 Å². The van der Waals surface area contributed by atoms with Gasteiger partial charge in [-0.05, 0) is 48.7 Å². The van der Waals surface area contributed by atoms with Crippen molar-refractivity contribution in [3.05, 3.63) is 89.6 Å². The van der Waals surface area contributed by atoms with Crippen molar-refractivity contribution in [2.24, 2.45) is 0 Å². The van der Waals surface area contributed by atoms with E-state index in [-0.39, 0.29) is 23.2 Å². The summed E-state index contributed by atoms with van der Waals surface area (Å²) in [7, 11) is -4.15. The Kier molecular flexibility index (Phi) is 7.32. The van der Waals surface area contributed by atoms with Crippen LogP contribution in [0.3, 0.4) is 0 Å². The van der Waals surface area contributed by atoms with E-state index in [0.29, 0.717) is 41.2 Å². The molecular formula is C27H22F4N4O4S. The van der Waals surface area contributed by atoms with Gasteiger partial charge in [0.2, 0.25) is 11.8 Å². The molecule has 5 rings (SSSR count). The van der Waals surface area contributed by atoms with E-state index in [2.05, 4.69) is 19.7 Å². The van der Waals surface area contributed by atoms with Crippen molar-refractivity contribution < 1.29 is 35.5 Å². The molecule has 2 aromatic carbocycles. The Hall–Kier alpha value is -4.26. The predicted molar refractivity (Wildman–Crippen MR) is 137 cm³/mol. The number of hydrogen-bond acceptors (Lipinski definition) is 7. The molecule has 40 heavy (non-hydrogen) atoms. The maximum absolute atomic E-state index is 13.6. The standard InChI is InChI=1S/C27H22F4N4O4S/c1-2-38-25-8-3-16(13-32-25)23-11-17(27(29,30)31)4-6-20(23)21-9-10-39-24-12-19(5-7-22(21)24)40(36,37)35-26-33-14-18(28)15-34-26/h3-8,11-15,21H,2,9-10H2,1H3,(H,33,34,35)/t21-/m1/s1. The van der Waals surface area contributed by atoms with Gasteiger partial charge in [-0.15, -0.1) is 0 Å². The van der Waals surface area contributed by atoms with Crippen LogP contribution in [0.4, 0.5) is 23.5 Å². The third kappa shape index (κ3) is 5.69. The molecular weight excluding hydrogens is 552 g/mol. The number of nitrogens with zero attached hydrogens (tertiary/aromatic N) is 3. The molecule has 0 bridgehead atoms. The highest BCUT2D eigenvalue weighted by Gasteiger charge is 2.33. The molecule has 0 radical (unpaired) electrons. The number of fused-ring (bicyclic) bond motifs is 1. The molecule has 0 unspecified atom stereocenters. The molecule has 1 aliphatic rings. The highest BCUT2D eigenvalue weighted by molar-refractivity contribution is 7.92. The van der Waals surface area contributed by atoms with Crippen molar-refractivity contribution in [1.82, 2.24) is 15.0 Å². The summed E-state index contributed by atoms with van der Waals surface area (Å²) in [6.45, 7) is 2.40. The number of alkyl halides is 3. The van der Waals surface area contributed by atoms with Crippen molar-refractivity contribution in [3.63, 3.8) is 0 Å². The fourth-order valence-corrected chi connectivity index (χ4v) is 5.44. The average molecular weight is 575 g/mol. The van der Waals surface area contributed by atoms with E-state index in [1.54, 1.807) is 25.1 Å². The third-order valence-corrected chi connectivity index (χ3v) is 7.60. The maximum atomic E-state index is 13.6. The first-order valence-electron chi connectivity index (χ1n) is 12.1. The van der Waals surface area contributed by atoms with Crippen LogP contribution < -0.4 is 14.2 Å². The average Bonchev–Trinajstić information content (AvgIpc) is 2.93. The van der Waals surface area contributed by atoms with Crippen molar-refractivity contribution in [1.29, 1.82) is 0 Å². The lowest BCUT2D eigenvalue weighted by Gasteiger charge is -2.29. The van der Waals surface area contributed by atoms with E-state index in [1.807, 2.05) is 0 Å². The Morgan fingerprint density at radius 1 is 1.00 bits per heavy atom. The lowest BCUT2D eigenvalue weighted by atomic mass is 9.82. The number of anilines is 1. The normalized spacial score (nSPS) is 15.2. The van der Waals surface area contributed by atoms with Gasteiger partial charge in [0.05, 0.1) is 36.1 Å². The predicted octanol–water partition coefficient (Wildman–Crippen LogP) is 5.81. The lowest BCUT2D eigenvalue weighted by molar-refractivity contribution is -0.137. The number of hydrogen-bond donors (Lipinski definition) is 1. The van der Waals surface area contributed by atoms with E-state index >= 15 is 0 Å². The first-order chi connectivity index (χ1) is 19.0. The number of rotatable bonds is 7. The smallest absolute Gasteiger partial charge is 0.416 e. The molecule has 0 saturated carbocycles. The Balaban J connectivity index is 1.53. The van der Waals surface area contributed by atoms with Gasteiger partial charge in [-0.25, -0.2) is 32.5 Å². The monoisotopic (exact) mass is 574 g/mol. The summed E-state index contributed by atoms with van der Waals surface area (Å²) in [6, 6.07) is 11.0. The number of benzene rings is 2. The van der Waals surface area contributed by atoms with Crippen LogP contribution in [0, 0.1) is 5.82 Å². The summed E-state index contributed by atoms with van der Waals surface area (Å²) in [4.78, 5) is 11.3.